The molecule has 0 bridgehead atoms. The van der Waals surface area contributed by atoms with Gasteiger partial charge in [-0.05, 0) is 6.92 Å². The zero-order valence-corrected chi connectivity index (χ0v) is 8.70. The summed E-state index contributed by atoms with van der Waals surface area (Å²) in [5.41, 5.74) is -0.575. The van der Waals surface area contributed by atoms with Crippen LogP contribution in [0.25, 0.3) is 0 Å². The molecule has 0 radical (unpaired) electrons. The van der Waals surface area contributed by atoms with Crippen molar-refractivity contribution in [3.8, 4) is 0 Å². The van der Waals surface area contributed by atoms with Gasteiger partial charge in [-0.15, -0.1) is 0 Å². The minimum Gasteiger partial charge on any atom is -0.284 e. The first kappa shape index (κ1) is 13.2. The van der Waals surface area contributed by atoms with Crippen LogP contribution < -0.4 is 0 Å². The Labute approximate surface area is 80.2 Å². The van der Waals surface area contributed by atoms with Crippen LogP contribution in [0.3, 0.4) is 0 Å². The number of carbonyl (C=O) groups excluding carboxylic acids is 1. The number of halogens is 3. The molecule has 0 rings (SSSR count). The summed E-state index contributed by atoms with van der Waals surface area (Å²) in [5.74, 6) is -1.97. The fourth-order valence-corrected chi connectivity index (χ4v) is 0.900. The average molecular weight is 229 g/mol. The first-order valence-corrected chi connectivity index (χ1v) is 5.82. The third kappa shape index (κ3) is 5.00. The standard InChI is InChI=1S/C7H10F3NO2S/c1-5(4-11-14(2,3)13)6(12)7(8,9)10/h4H,1-3H3/b5-4+. The maximum Gasteiger partial charge on any atom is 0.454 e. The van der Waals surface area contributed by atoms with Gasteiger partial charge >= 0.3 is 6.18 Å². The molecule has 0 aliphatic rings. The predicted octanol–water partition coefficient (Wildman–Crippen LogP) is 1.75. The molecule has 0 unspecified atom stereocenters. The van der Waals surface area contributed by atoms with E-state index in [1.165, 1.54) is 12.5 Å². The molecule has 0 N–H and O–H groups in total. The fourth-order valence-electron chi connectivity index (χ4n) is 0.488. The largest absolute Gasteiger partial charge is 0.454 e. The lowest BCUT2D eigenvalue weighted by molar-refractivity contribution is -0.166. The second-order valence-corrected chi connectivity index (χ2v) is 5.50. The van der Waals surface area contributed by atoms with Crippen molar-refractivity contribution in [2.75, 3.05) is 12.5 Å². The number of hydrogen-bond donors (Lipinski definition) is 0. The molecule has 0 heterocycles. The monoisotopic (exact) mass is 229 g/mol. The molecule has 0 aromatic heterocycles. The van der Waals surface area contributed by atoms with E-state index in [1.54, 1.807) is 0 Å². The third-order valence-electron chi connectivity index (χ3n) is 1.12. The number of carbonyl (C=O) groups is 1. The molecule has 0 aromatic carbocycles. The number of rotatable bonds is 2. The lowest BCUT2D eigenvalue weighted by Crippen LogP contribution is -2.23. The highest BCUT2D eigenvalue weighted by Crippen LogP contribution is 2.20. The highest BCUT2D eigenvalue weighted by molar-refractivity contribution is 7.92. The zero-order chi connectivity index (χ0) is 11.6. The van der Waals surface area contributed by atoms with Gasteiger partial charge in [0.25, 0.3) is 5.78 Å². The van der Waals surface area contributed by atoms with Gasteiger partial charge in [-0.25, -0.2) is 8.57 Å². The minimum absolute atomic E-state index is 0.575. The summed E-state index contributed by atoms with van der Waals surface area (Å²) in [6.45, 7) is 0.977. The van der Waals surface area contributed by atoms with Crippen LogP contribution in [0.2, 0.25) is 0 Å². The van der Waals surface area contributed by atoms with E-state index in [2.05, 4.69) is 4.36 Å². The number of alkyl halides is 3. The lowest BCUT2D eigenvalue weighted by Gasteiger charge is -2.03. The van der Waals surface area contributed by atoms with E-state index in [9.17, 15) is 22.2 Å². The molecule has 7 heteroatoms. The molecule has 0 saturated carbocycles. The van der Waals surface area contributed by atoms with Crippen molar-refractivity contribution in [1.82, 2.24) is 0 Å². The average Bonchev–Trinajstić information content (AvgIpc) is 1.95. The second kappa shape index (κ2) is 4.12. The van der Waals surface area contributed by atoms with Crippen LogP contribution in [0.5, 0.6) is 0 Å². The summed E-state index contributed by atoms with van der Waals surface area (Å²) in [7, 11) is -2.52. The Balaban J connectivity index is 4.92. The molecule has 14 heavy (non-hydrogen) atoms. The maximum atomic E-state index is 11.8. The Morgan fingerprint density at radius 1 is 1.36 bits per heavy atom. The molecule has 0 aliphatic heterocycles. The molecular weight excluding hydrogens is 219 g/mol. The van der Waals surface area contributed by atoms with Crippen LogP contribution in [0, 0.1) is 0 Å². The van der Waals surface area contributed by atoms with E-state index in [1.807, 2.05) is 0 Å². The van der Waals surface area contributed by atoms with Gasteiger partial charge in [0.1, 0.15) is 0 Å². The minimum atomic E-state index is -4.90. The molecule has 0 atom stereocenters. The maximum absolute atomic E-state index is 11.8. The van der Waals surface area contributed by atoms with Crippen molar-refractivity contribution in [1.29, 1.82) is 0 Å². The van der Waals surface area contributed by atoms with E-state index in [-0.39, 0.29) is 0 Å². The summed E-state index contributed by atoms with van der Waals surface area (Å²) < 4.78 is 49.7. The van der Waals surface area contributed by atoms with Crippen LogP contribution in [0.4, 0.5) is 13.2 Å². The summed E-state index contributed by atoms with van der Waals surface area (Å²) in [4.78, 5) is 10.5. The summed E-state index contributed by atoms with van der Waals surface area (Å²) in [6, 6.07) is 0. The molecule has 0 spiro atoms. The number of allylic oxidation sites excluding steroid dienone is 1. The van der Waals surface area contributed by atoms with Crippen LogP contribution in [-0.4, -0.2) is 28.7 Å². The van der Waals surface area contributed by atoms with Gasteiger partial charge in [-0.1, -0.05) is 0 Å². The van der Waals surface area contributed by atoms with Crippen molar-refractivity contribution in [2.45, 2.75) is 13.1 Å². The molecular formula is C7H10F3NO2S. The Bertz CT molecular complexity index is 367. The summed E-state index contributed by atoms with van der Waals surface area (Å²) in [5, 5.41) is 0. The van der Waals surface area contributed by atoms with Crippen LogP contribution in [0.1, 0.15) is 6.92 Å². The van der Waals surface area contributed by atoms with Gasteiger partial charge in [0.05, 0.1) is 0 Å². The van der Waals surface area contributed by atoms with Crippen molar-refractivity contribution < 1.29 is 22.2 Å². The molecule has 0 aliphatic carbocycles. The zero-order valence-electron chi connectivity index (χ0n) is 7.88. The lowest BCUT2D eigenvalue weighted by atomic mass is 10.2. The molecule has 0 aromatic rings. The van der Waals surface area contributed by atoms with Crippen molar-refractivity contribution in [3.05, 3.63) is 11.8 Å². The fraction of sp³-hybridized carbons (Fsp3) is 0.571. The van der Waals surface area contributed by atoms with Crippen LogP contribution >= 0.6 is 0 Å². The molecule has 0 fully saturated rings. The molecule has 0 amide bonds. The Hall–Kier alpha value is -0.850. The summed E-state index contributed by atoms with van der Waals surface area (Å²) in [6.07, 6.45) is -1.69. The van der Waals surface area contributed by atoms with Crippen molar-refractivity contribution >= 4 is 15.5 Å². The van der Waals surface area contributed by atoms with Crippen molar-refractivity contribution in [3.63, 3.8) is 0 Å². The van der Waals surface area contributed by atoms with E-state index < -0.39 is 27.3 Å². The SMILES string of the molecule is C/C(=C\N=S(C)(C)=O)C(=O)C(F)(F)F. The molecule has 3 nitrogen and oxygen atoms in total. The highest BCUT2D eigenvalue weighted by atomic mass is 32.2. The number of nitrogens with zero attached hydrogens (tertiary/aromatic N) is 1. The topological polar surface area (TPSA) is 46.5 Å². The van der Waals surface area contributed by atoms with Gasteiger partial charge in [0, 0.05) is 34.0 Å². The van der Waals surface area contributed by atoms with E-state index in [4.69, 9.17) is 0 Å². The number of Topliss-reactive ketones (excluding diaryl/α,β-unsaturated/α-hetero) is 1. The second-order valence-electron chi connectivity index (χ2n) is 2.93. The van der Waals surface area contributed by atoms with Crippen LogP contribution in [-0.2, 0) is 14.5 Å². The van der Waals surface area contributed by atoms with Gasteiger partial charge in [-0.2, -0.15) is 13.2 Å². The number of hydrogen-bond acceptors (Lipinski definition) is 3. The molecule has 82 valence electrons. The smallest absolute Gasteiger partial charge is 0.284 e. The Kier molecular flexibility index (Phi) is 3.87. The quantitative estimate of drug-likeness (QED) is 0.677. The van der Waals surface area contributed by atoms with E-state index >= 15 is 0 Å². The first-order chi connectivity index (χ1) is 6.04. The van der Waals surface area contributed by atoms with Gasteiger partial charge in [0.15, 0.2) is 0 Å². The van der Waals surface area contributed by atoms with Gasteiger partial charge in [0.2, 0.25) is 0 Å². The van der Waals surface area contributed by atoms with Gasteiger partial charge < -0.3 is 0 Å². The van der Waals surface area contributed by atoms with E-state index in [0.29, 0.717) is 6.20 Å². The molecule has 0 saturated heterocycles. The van der Waals surface area contributed by atoms with Gasteiger partial charge in [-0.3, -0.25) is 4.79 Å². The van der Waals surface area contributed by atoms with E-state index in [0.717, 1.165) is 6.92 Å². The van der Waals surface area contributed by atoms with Crippen molar-refractivity contribution in [2.24, 2.45) is 4.36 Å². The Morgan fingerprint density at radius 3 is 2.07 bits per heavy atom. The normalized spacial score (nSPS) is 14.0. The highest BCUT2D eigenvalue weighted by Gasteiger charge is 2.39. The predicted molar refractivity (Wildman–Crippen MR) is 47.2 cm³/mol. The Morgan fingerprint density at radius 2 is 1.79 bits per heavy atom. The number of ketones is 1. The first-order valence-electron chi connectivity index (χ1n) is 3.48. The van der Waals surface area contributed by atoms with Crippen LogP contribution in [0.15, 0.2) is 16.1 Å². The third-order valence-corrected chi connectivity index (χ3v) is 1.73. The summed E-state index contributed by atoms with van der Waals surface area (Å²) >= 11 is 0.